The van der Waals surface area contributed by atoms with E-state index in [9.17, 15) is 14.4 Å². The van der Waals surface area contributed by atoms with Crippen LogP contribution in [0.25, 0.3) is 10.9 Å². The second-order valence-corrected chi connectivity index (χ2v) is 7.31. The number of nitrogens with zero attached hydrogens (tertiary/aromatic N) is 2. The summed E-state index contributed by atoms with van der Waals surface area (Å²) in [6.45, 7) is 3.87. The molecule has 8 heteroatoms. The molecule has 1 amide bonds. The first-order chi connectivity index (χ1) is 14.3. The van der Waals surface area contributed by atoms with Gasteiger partial charge in [0.15, 0.2) is 0 Å². The number of hydrogen-bond donors (Lipinski definition) is 1. The average molecular weight is 411 g/mol. The van der Waals surface area contributed by atoms with E-state index in [4.69, 9.17) is 9.47 Å². The highest BCUT2D eigenvalue weighted by Gasteiger charge is 2.17. The Bertz CT molecular complexity index is 1190. The van der Waals surface area contributed by atoms with Crippen molar-refractivity contribution in [2.75, 3.05) is 19.5 Å². The van der Waals surface area contributed by atoms with Crippen molar-refractivity contribution in [3.05, 3.63) is 63.3 Å². The summed E-state index contributed by atoms with van der Waals surface area (Å²) >= 11 is 0. The molecule has 0 aliphatic heterocycles. The van der Waals surface area contributed by atoms with E-state index in [1.807, 2.05) is 13.8 Å². The second kappa shape index (κ2) is 8.86. The molecule has 0 spiro atoms. The number of anilines is 1. The highest BCUT2D eigenvalue weighted by molar-refractivity contribution is 5.93. The predicted octanol–water partition coefficient (Wildman–Crippen LogP) is 2.48. The van der Waals surface area contributed by atoms with E-state index >= 15 is 0 Å². The summed E-state index contributed by atoms with van der Waals surface area (Å²) < 4.78 is 13.0. The van der Waals surface area contributed by atoms with E-state index in [-0.39, 0.29) is 24.6 Å². The van der Waals surface area contributed by atoms with Gasteiger partial charge in [0.2, 0.25) is 5.91 Å². The summed E-state index contributed by atoms with van der Waals surface area (Å²) in [5.74, 6) is 0.689. The van der Waals surface area contributed by atoms with Gasteiger partial charge in [-0.3, -0.25) is 18.7 Å². The Kier molecular flexibility index (Phi) is 6.25. The van der Waals surface area contributed by atoms with Crippen molar-refractivity contribution in [1.82, 2.24) is 9.13 Å². The first-order valence-corrected chi connectivity index (χ1v) is 9.60. The lowest BCUT2D eigenvalue weighted by molar-refractivity contribution is -0.116. The molecule has 0 bridgehead atoms. The number of carbonyl (C=O) groups is 1. The van der Waals surface area contributed by atoms with Crippen molar-refractivity contribution < 1.29 is 14.3 Å². The highest BCUT2D eigenvalue weighted by atomic mass is 16.5. The lowest BCUT2D eigenvalue weighted by Crippen LogP contribution is -2.42. The minimum Gasteiger partial charge on any atom is -0.497 e. The second-order valence-electron chi connectivity index (χ2n) is 7.31. The summed E-state index contributed by atoms with van der Waals surface area (Å²) in [7, 11) is 3.02. The number of fused-ring (bicyclic) bond motifs is 1. The lowest BCUT2D eigenvalue weighted by atomic mass is 10.2. The molecule has 0 radical (unpaired) electrons. The number of methoxy groups -OCH3 is 2. The molecule has 1 heterocycles. The normalized spacial score (nSPS) is 11.0. The highest BCUT2D eigenvalue weighted by Crippen LogP contribution is 2.28. The fourth-order valence-electron chi connectivity index (χ4n) is 3.29. The minimum absolute atomic E-state index is 0.0971. The van der Waals surface area contributed by atoms with E-state index in [0.717, 1.165) is 0 Å². The van der Waals surface area contributed by atoms with E-state index in [1.54, 1.807) is 42.5 Å². The smallest absolute Gasteiger partial charge is 0.331 e. The third kappa shape index (κ3) is 4.22. The standard InChI is InChI=1S/C22H25N3O5/c1-14(2)12-25-21(27)16-7-5-6-8-18(16)24(22(25)28)13-20(26)23-17-11-15(29-3)9-10-19(17)30-4/h5-11,14H,12-13H2,1-4H3,(H,23,26). The van der Waals surface area contributed by atoms with Crippen molar-refractivity contribution in [3.63, 3.8) is 0 Å². The van der Waals surface area contributed by atoms with E-state index in [1.165, 1.54) is 23.4 Å². The third-order valence-corrected chi connectivity index (χ3v) is 4.66. The molecule has 0 saturated carbocycles. The molecule has 30 heavy (non-hydrogen) atoms. The van der Waals surface area contributed by atoms with Crippen molar-refractivity contribution in [2.45, 2.75) is 26.9 Å². The van der Waals surface area contributed by atoms with Gasteiger partial charge in [-0.15, -0.1) is 0 Å². The zero-order valence-electron chi connectivity index (χ0n) is 17.5. The molecule has 2 aromatic carbocycles. The number of carbonyl (C=O) groups excluding carboxylic acids is 1. The lowest BCUT2D eigenvalue weighted by Gasteiger charge is -2.16. The number of hydrogen-bond acceptors (Lipinski definition) is 5. The van der Waals surface area contributed by atoms with Crippen LogP contribution in [0.15, 0.2) is 52.1 Å². The van der Waals surface area contributed by atoms with E-state index in [0.29, 0.717) is 28.1 Å². The van der Waals surface area contributed by atoms with Crippen LogP contribution in [0, 0.1) is 5.92 Å². The van der Waals surface area contributed by atoms with Crippen LogP contribution in [0.5, 0.6) is 11.5 Å². The Balaban J connectivity index is 2.03. The average Bonchev–Trinajstić information content (AvgIpc) is 2.74. The Labute approximate surface area is 173 Å². The van der Waals surface area contributed by atoms with Crippen molar-refractivity contribution in [3.8, 4) is 11.5 Å². The number of amides is 1. The van der Waals surface area contributed by atoms with Gasteiger partial charge in [-0.1, -0.05) is 26.0 Å². The van der Waals surface area contributed by atoms with Crippen LogP contribution in [0.2, 0.25) is 0 Å². The number of ether oxygens (including phenoxy) is 2. The van der Waals surface area contributed by atoms with Gasteiger partial charge in [0, 0.05) is 12.6 Å². The molecule has 158 valence electrons. The van der Waals surface area contributed by atoms with Gasteiger partial charge in [-0.2, -0.15) is 0 Å². The van der Waals surface area contributed by atoms with Crippen LogP contribution in [-0.2, 0) is 17.9 Å². The first kappa shape index (κ1) is 21.2. The Morgan fingerprint density at radius 2 is 1.77 bits per heavy atom. The van der Waals surface area contributed by atoms with E-state index in [2.05, 4.69) is 5.32 Å². The van der Waals surface area contributed by atoms with Crippen LogP contribution in [0.3, 0.4) is 0 Å². The van der Waals surface area contributed by atoms with Gasteiger partial charge in [-0.05, 0) is 30.2 Å². The fourth-order valence-corrected chi connectivity index (χ4v) is 3.29. The summed E-state index contributed by atoms with van der Waals surface area (Å²) in [5, 5.41) is 3.15. The van der Waals surface area contributed by atoms with Crippen molar-refractivity contribution >= 4 is 22.5 Å². The monoisotopic (exact) mass is 411 g/mol. The maximum Gasteiger partial charge on any atom is 0.331 e. The SMILES string of the molecule is COc1ccc(OC)c(NC(=O)Cn2c(=O)n(CC(C)C)c(=O)c3ccccc32)c1. The molecular weight excluding hydrogens is 386 g/mol. The molecule has 0 aliphatic rings. The Morgan fingerprint density at radius 3 is 2.43 bits per heavy atom. The molecule has 0 unspecified atom stereocenters. The summed E-state index contributed by atoms with van der Waals surface area (Å²) in [6, 6.07) is 11.8. The van der Waals surface area contributed by atoms with Crippen LogP contribution in [-0.4, -0.2) is 29.3 Å². The molecule has 8 nitrogen and oxygen atoms in total. The molecule has 0 aliphatic carbocycles. The Morgan fingerprint density at radius 1 is 1.03 bits per heavy atom. The Hall–Kier alpha value is -3.55. The molecule has 3 aromatic rings. The molecular formula is C22H25N3O5. The van der Waals surface area contributed by atoms with E-state index < -0.39 is 11.6 Å². The molecule has 0 saturated heterocycles. The molecule has 1 aromatic heterocycles. The quantitative estimate of drug-likeness (QED) is 0.645. The molecule has 1 N–H and O–H groups in total. The minimum atomic E-state index is -0.514. The summed E-state index contributed by atoms with van der Waals surface area (Å²) in [6.07, 6.45) is 0. The van der Waals surface area contributed by atoms with Gasteiger partial charge in [-0.25, -0.2) is 4.79 Å². The maximum absolute atomic E-state index is 13.1. The zero-order chi connectivity index (χ0) is 21.8. The van der Waals surface area contributed by atoms with Crippen LogP contribution < -0.4 is 26.0 Å². The molecule has 0 fully saturated rings. The van der Waals surface area contributed by atoms with Crippen LogP contribution >= 0.6 is 0 Å². The fraction of sp³-hybridized carbons (Fsp3) is 0.318. The first-order valence-electron chi connectivity index (χ1n) is 9.60. The molecule has 3 rings (SSSR count). The number of nitrogens with one attached hydrogen (secondary N) is 1. The zero-order valence-corrected chi connectivity index (χ0v) is 17.5. The summed E-state index contributed by atoms with van der Waals surface area (Å²) in [4.78, 5) is 38.6. The van der Waals surface area contributed by atoms with Crippen LogP contribution in [0.1, 0.15) is 13.8 Å². The largest absolute Gasteiger partial charge is 0.497 e. The number of aromatic nitrogens is 2. The van der Waals surface area contributed by atoms with Gasteiger partial charge in [0.25, 0.3) is 5.56 Å². The van der Waals surface area contributed by atoms with Crippen LogP contribution in [0.4, 0.5) is 5.69 Å². The van der Waals surface area contributed by atoms with Gasteiger partial charge < -0.3 is 14.8 Å². The number of para-hydroxylation sites is 1. The summed E-state index contributed by atoms with van der Waals surface area (Å²) in [5.41, 5.74) is -0.0226. The topological polar surface area (TPSA) is 91.6 Å². The van der Waals surface area contributed by atoms with Gasteiger partial charge >= 0.3 is 5.69 Å². The maximum atomic E-state index is 13.1. The van der Waals surface area contributed by atoms with Gasteiger partial charge in [0.05, 0.1) is 30.8 Å². The third-order valence-electron chi connectivity index (χ3n) is 4.66. The van der Waals surface area contributed by atoms with Crippen molar-refractivity contribution in [2.24, 2.45) is 5.92 Å². The number of benzene rings is 2. The molecule has 0 atom stereocenters. The van der Waals surface area contributed by atoms with Crippen molar-refractivity contribution in [1.29, 1.82) is 0 Å². The van der Waals surface area contributed by atoms with Gasteiger partial charge in [0.1, 0.15) is 18.0 Å². The predicted molar refractivity (Wildman–Crippen MR) is 115 cm³/mol. The number of rotatable bonds is 7.